The maximum absolute atomic E-state index is 9.19. The molecule has 5 heteroatoms. The minimum absolute atomic E-state index is 0.428. The zero-order valence-corrected chi connectivity index (χ0v) is 19.3. The van der Waals surface area contributed by atoms with Gasteiger partial charge in [0.05, 0.1) is 17.1 Å². The molecule has 1 N–H and O–H groups in total. The van der Waals surface area contributed by atoms with Gasteiger partial charge in [0, 0.05) is 42.0 Å². The summed E-state index contributed by atoms with van der Waals surface area (Å²) in [5.74, 6) is 0.428. The van der Waals surface area contributed by atoms with E-state index in [2.05, 4.69) is 75.8 Å². The van der Waals surface area contributed by atoms with Crippen molar-refractivity contribution in [2.75, 3.05) is 18.4 Å². The molecule has 1 saturated heterocycles. The molecular formula is C29H27N5. The minimum atomic E-state index is 0.428. The molecule has 0 bridgehead atoms. The van der Waals surface area contributed by atoms with Gasteiger partial charge >= 0.3 is 0 Å². The van der Waals surface area contributed by atoms with E-state index in [1.807, 2.05) is 36.5 Å². The number of fused-ring (bicyclic) bond motifs is 1. The SMILES string of the molecule is CC=CN1CCCC(c2cc(-c3cccc(Nc4cccc(C#N)c4)c3)cc3cncnc23)C1. The van der Waals surface area contributed by atoms with Crippen molar-refractivity contribution < 1.29 is 0 Å². The summed E-state index contributed by atoms with van der Waals surface area (Å²) in [6.45, 7) is 4.18. The summed E-state index contributed by atoms with van der Waals surface area (Å²) in [7, 11) is 0. The molecule has 3 aromatic carbocycles. The Hall–Kier alpha value is -4.17. The van der Waals surface area contributed by atoms with Crippen LogP contribution in [0.3, 0.4) is 0 Å². The second kappa shape index (κ2) is 9.76. The lowest BCUT2D eigenvalue weighted by Gasteiger charge is -2.32. The zero-order valence-electron chi connectivity index (χ0n) is 19.3. The average molecular weight is 446 g/mol. The number of nitrogens with one attached hydrogen (secondary N) is 1. The topological polar surface area (TPSA) is 64.8 Å². The minimum Gasteiger partial charge on any atom is -0.377 e. The highest BCUT2D eigenvalue weighted by Crippen LogP contribution is 2.35. The second-order valence-corrected chi connectivity index (χ2v) is 8.74. The smallest absolute Gasteiger partial charge is 0.116 e. The van der Waals surface area contributed by atoms with Gasteiger partial charge < -0.3 is 10.2 Å². The van der Waals surface area contributed by atoms with Crippen LogP contribution in [-0.4, -0.2) is 28.0 Å². The van der Waals surface area contributed by atoms with E-state index >= 15 is 0 Å². The van der Waals surface area contributed by atoms with Crippen LogP contribution in [0.4, 0.5) is 11.4 Å². The molecule has 1 unspecified atom stereocenters. The van der Waals surface area contributed by atoms with Gasteiger partial charge in [-0.15, -0.1) is 0 Å². The van der Waals surface area contributed by atoms with Crippen molar-refractivity contribution in [2.24, 2.45) is 0 Å². The van der Waals surface area contributed by atoms with Gasteiger partial charge in [-0.3, -0.25) is 0 Å². The van der Waals surface area contributed by atoms with E-state index < -0.39 is 0 Å². The number of rotatable bonds is 5. The third kappa shape index (κ3) is 4.62. The predicted molar refractivity (Wildman–Crippen MR) is 138 cm³/mol. The number of hydrogen-bond donors (Lipinski definition) is 1. The Morgan fingerprint density at radius 3 is 2.76 bits per heavy atom. The lowest BCUT2D eigenvalue weighted by atomic mass is 9.87. The maximum atomic E-state index is 9.19. The van der Waals surface area contributed by atoms with Crippen LogP contribution in [0.1, 0.15) is 36.8 Å². The molecule has 0 amide bonds. The van der Waals surface area contributed by atoms with Crippen molar-refractivity contribution in [1.82, 2.24) is 14.9 Å². The lowest BCUT2D eigenvalue weighted by Crippen LogP contribution is -2.30. The Bertz CT molecular complexity index is 1380. The fourth-order valence-electron chi connectivity index (χ4n) is 4.83. The summed E-state index contributed by atoms with van der Waals surface area (Å²) < 4.78 is 0. The van der Waals surface area contributed by atoms with Crippen molar-refractivity contribution in [3.8, 4) is 17.2 Å². The summed E-state index contributed by atoms with van der Waals surface area (Å²) in [6.07, 6.45) is 10.2. The molecule has 1 atom stereocenters. The fraction of sp³-hybridized carbons (Fsp3) is 0.207. The average Bonchev–Trinajstić information content (AvgIpc) is 2.89. The first-order chi connectivity index (χ1) is 16.7. The molecule has 1 aliphatic rings. The largest absolute Gasteiger partial charge is 0.377 e. The molecule has 34 heavy (non-hydrogen) atoms. The number of nitriles is 1. The zero-order chi connectivity index (χ0) is 23.3. The van der Waals surface area contributed by atoms with Gasteiger partial charge in [-0.1, -0.05) is 24.3 Å². The van der Waals surface area contributed by atoms with Crippen LogP contribution in [0.25, 0.3) is 22.0 Å². The normalized spacial score (nSPS) is 16.0. The summed E-state index contributed by atoms with van der Waals surface area (Å²) in [5, 5.41) is 13.7. The lowest BCUT2D eigenvalue weighted by molar-refractivity contribution is 0.280. The number of aromatic nitrogens is 2. The third-order valence-corrected chi connectivity index (χ3v) is 6.36. The van der Waals surface area contributed by atoms with Crippen LogP contribution in [0.5, 0.6) is 0 Å². The number of allylic oxidation sites excluding steroid dienone is 1. The molecule has 1 aromatic heterocycles. The molecule has 0 saturated carbocycles. The van der Waals surface area contributed by atoms with Gasteiger partial charge in [-0.05, 0) is 85.1 Å². The molecule has 5 nitrogen and oxygen atoms in total. The van der Waals surface area contributed by atoms with Gasteiger partial charge in [-0.25, -0.2) is 9.97 Å². The quantitative estimate of drug-likeness (QED) is 0.374. The summed E-state index contributed by atoms with van der Waals surface area (Å²) >= 11 is 0. The summed E-state index contributed by atoms with van der Waals surface area (Å²) in [6, 6.07) is 22.6. The highest BCUT2D eigenvalue weighted by molar-refractivity contribution is 5.88. The number of likely N-dealkylation sites (tertiary alicyclic amines) is 1. The van der Waals surface area contributed by atoms with Crippen molar-refractivity contribution in [3.63, 3.8) is 0 Å². The Labute approximate surface area is 200 Å². The van der Waals surface area contributed by atoms with E-state index in [-0.39, 0.29) is 0 Å². The Balaban J connectivity index is 1.52. The van der Waals surface area contributed by atoms with E-state index in [9.17, 15) is 5.26 Å². The van der Waals surface area contributed by atoms with Crippen molar-refractivity contribution in [1.29, 1.82) is 5.26 Å². The van der Waals surface area contributed by atoms with Crippen LogP contribution < -0.4 is 5.32 Å². The van der Waals surface area contributed by atoms with Crippen LogP contribution >= 0.6 is 0 Å². The van der Waals surface area contributed by atoms with Crippen molar-refractivity contribution in [2.45, 2.75) is 25.7 Å². The Morgan fingerprint density at radius 1 is 1.06 bits per heavy atom. The van der Waals surface area contributed by atoms with Gasteiger partial charge in [0.25, 0.3) is 0 Å². The van der Waals surface area contributed by atoms with Gasteiger partial charge in [0.2, 0.25) is 0 Å². The second-order valence-electron chi connectivity index (χ2n) is 8.74. The summed E-state index contributed by atoms with van der Waals surface area (Å²) in [4.78, 5) is 11.4. The van der Waals surface area contributed by atoms with Crippen LogP contribution in [0, 0.1) is 11.3 Å². The van der Waals surface area contributed by atoms with E-state index in [1.165, 1.54) is 12.0 Å². The molecular weight excluding hydrogens is 418 g/mol. The van der Waals surface area contributed by atoms with Gasteiger partial charge in [0.15, 0.2) is 0 Å². The molecule has 4 aromatic rings. The highest BCUT2D eigenvalue weighted by atomic mass is 15.1. The first kappa shape index (κ1) is 21.7. The van der Waals surface area contributed by atoms with Crippen molar-refractivity contribution in [3.05, 3.63) is 96.6 Å². The molecule has 0 radical (unpaired) electrons. The number of piperidine rings is 1. The third-order valence-electron chi connectivity index (χ3n) is 6.36. The monoisotopic (exact) mass is 445 g/mol. The van der Waals surface area contributed by atoms with Gasteiger partial charge in [-0.2, -0.15) is 5.26 Å². The molecule has 0 spiro atoms. The predicted octanol–water partition coefficient (Wildman–Crippen LogP) is 6.63. The van der Waals surface area contributed by atoms with Crippen molar-refractivity contribution >= 4 is 22.3 Å². The van der Waals surface area contributed by atoms with E-state index in [0.717, 1.165) is 52.9 Å². The fourth-order valence-corrected chi connectivity index (χ4v) is 4.83. The van der Waals surface area contributed by atoms with Crippen LogP contribution in [0.15, 0.2) is 85.5 Å². The standard InChI is InChI=1S/C29H27N5/c1-2-11-34-12-5-8-23(19-34)28-16-24(14-25-18-31-20-32-29(25)28)22-7-4-10-27(15-22)33-26-9-3-6-21(13-26)17-30/h2-4,6-7,9-11,13-16,18,20,23,33H,5,8,12,19H2,1H3. The summed E-state index contributed by atoms with van der Waals surface area (Å²) in [5.41, 5.74) is 7.16. The first-order valence-corrected chi connectivity index (χ1v) is 11.7. The van der Waals surface area contributed by atoms with Crippen LogP contribution in [0.2, 0.25) is 0 Å². The van der Waals surface area contributed by atoms with E-state index in [1.54, 1.807) is 6.33 Å². The molecule has 5 rings (SSSR count). The Morgan fingerprint density at radius 2 is 1.91 bits per heavy atom. The van der Waals surface area contributed by atoms with Gasteiger partial charge in [0.1, 0.15) is 6.33 Å². The molecule has 2 heterocycles. The maximum Gasteiger partial charge on any atom is 0.116 e. The molecule has 168 valence electrons. The van der Waals surface area contributed by atoms with E-state index in [0.29, 0.717) is 11.5 Å². The molecule has 0 aliphatic carbocycles. The Kier molecular flexibility index (Phi) is 6.22. The van der Waals surface area contributed by atoms with E-state index in [4.69, 9.17) is 0 Å². The molecule has 1 aliphatic heterocycles. The molecule has 1 fully saturated rings. The van der Waals surface area contributed by atoms with Crippen LogP contribution in [-0.2, 0) is 0 Å². The first-order valence-electron chi connectivity index (χ1n) is 11.7. The highest BCUT2D eigenvalue weighted by Gasteiger charge is 2.22. The number of anilines is 2. The number of benzene rings is 3. The number of nitrogens with zero attached hydrogens (tertiary/aromatic N) is 4. The number of hydrogen-bond acceptors (Lipinski definition) is 5.